The third kappa shape index (κ3) is 5.17. The molecular formula is C30H23F3N8O. The number of halogens is 3. The lowest BCUT2D eigenvalue weighted by Gasteiger charge is -2.14. The number of nitrogens with zero attached hydrogens (tertiary/aromatic N) is 6. The van der Waals surface area contributed by atoms with E-state index >= 15 is 0 Å². The highest BCUT2D eigenvalue weighted by Gasteiger charge is 2.32. The summed E-state index contributed by atoms with van der Waals surface area (Å²) in [5, 5.41) is 8.07. The first kappa shape index (κ1) is 26.7. The Morgan fingerprint density at radius 3 is 2.52 bits per heavy atom. The van der Waals surface area contributed by atoms with Crippen LogP contribution in [-0.4, -0.2) is 35.2 Å². The number of nitrogen functional groups attached to an aromatic ring is 1. The molecule has 0 aliphatic carbocycles. The topological polar surface area (TPSA) is 117 Å². The molecule has 6 aromatic rings. The SMILES string of the molecule is Cc1cn(-c2cc(C(=O)Nc3ccc(C)c(-c4ccc5cnn(-c6cc(N)ncn6)c5c4)c3)cc(C(F)(F)F)c2)cn1. The highest BCUT2D eigenvalue weighted by Crippen LogP contribution is 2.33. The van der Waals surface area contributed by atoms with Gasteiger partial charge in [-0.25, -0.2) is 19.6 Å². The fourth-order valence-electron chi connectivity index (χ4n) is 4.68. The molecule has 0 aliphatic heterocycles. The van der Waals surface area contributed by atoms with Crippen molar-refractivity contribution in [1.82, 2.24) is 29.3 Å². The molecule has 3 heterocycles. The van der Waals surface area contributed by atoms with Gasteiger partial charge in [-0.05, 0) is 66.9 Å². The summed E-state index contributed by atoms with van der Waals surface area (Å²) < 4.78 is 44.2. The van der Waals surface area contributed by atoms with E-state index in [0.29, 0.717) is 23.0 Å². The zero-order chi connectivity index (χ0) is 29.6. The van der Waals surface area contributed by atoms with Crippen molar-refractivity contribution in [2.45, 2.75) is 20.0 Å². The van der Waals surface area contributed by atoms with E-state index in [1.165, 1.54) is 23.3 Å². The van der Waals surface area contributed by atoms with Gasteiger partial charge in [-0.1, -0.05) is 18.2 Å². The molecule has 42 heavy (non-hydrogen) atoms. The minimum atomic E-state index is -4.64. The van der Waals surface area contributed by atoms with Crippen LogP contribution in [0.4, 0.5) is 24.7 Å². The molecule has 3 N–H and O–H groups in total. The summed E-state index contributed by atoms with van der Waals surface area (Å²) in [7, 11) is 0. The Morgan fingerprint density at radius 2 is 1.79 bits per heavy atom. The zero-order valence-electron chi connectivity index (χ0n) is 22.4. The van der Waals surface area contributed by atoms with Gasteiger partial charge in [0.2, 0.25) is 0 Å². The highest BCUT2D eigenvalue weighted by molar-refractivity contribution is 6.05. The van der Waals surface area contributed by atoms with E-state index in [1.807, 2.05) is 31.2 Å². The number of nitrogens with two attached hydrogens (primary N) is 1. The van der Waals surface area contributed by atoms with Gasteiger partial charge >= 0.3 is 6.18 Å². The van der Waals surface area contributed by atoms with Gasteiger partial charge in [0.05, 0.1) is 29.3 Å². The first-order valence-corrected chi connectivity index (χ1v) is 12.8. The Morgan fingerprint density at radius 1 is 0.952 bits per heavy atom. The Bertz CT molecular complexity index is 1980. The number of anilines is 2. The van der Waals surface area contributed by atoms with E-state index in [2.05, 4.69) is 25.4 Å². The minimum Gasteiger partial charge on any atom is -0.384 e. The number of hydrogen-bond acceptors (Lipinski definition) is 6. The van der Waals surface area contributed by atoms with Crippen molar-refractivity contribution in [2.75, 3.05) is 11.1 Å². The number of amides is 1. The largest absolute Gasteiger partial charge is 0.416 e. The number of imidazole rings is 1. The average molecular weight is 569 g/mol. The molecular weight excluding hydrogens is 545 g/mol. The number of carbonyl (C=O) groups excluding carboxylic acids is 1. The molecule has 3 aromatic carbocycles. The van der Waals surface area contributed by atoms with Crippen LogP contribution in [0.15, 0.2) is 85.7 Å². The normalized spacial score (nSPS) is 11.6. The molecule has 0 bridgehead atoms. The van der Waals surface area contributed by atoms with Gasteiger partial charge < -0.3 is 15.6 Å². The fraction of sp³-hybridized carbons (Fsp3) is 0.100. The van der Waals surface area contributed by atoms with E-state index in [1.54, 1.807) is 42.2 Å². The molecule has 0 radical (unpaired) electrons. The molecule has 0 unspecified atom stereocenters. The number of fused-ring (bicyclic) bond motifs is 1. The quantitative estimate of drug-likeness (QED) is 0.258. The number of nitrogens with one attached hydrogen (secondary N) is 1. The van der Waals surface area contributed by atoms with Crippen LogP contribution < -0.4 is 11.1 Å². The van der Waals surface area contributed by atoms with Gasteiger partial charge in [-0.3, -0.25) is 4.79 Å². The van der Waals surface area contributed by atoms with E-state index in [4.69, 9.17) is 5.73 Å². The maximum atomic E-state index is 13.7. The zero-order valence-corrected chi connectivity index (χ0v) is 22.4. The Balaban J connectivity index is 1.34. The second kappa shape index (κ2) is 10.1. The summed E-state index contributed by atoms with van der Waals surface area (Å²) in [6, 6.07) is 16.0. The van der Waals surface area contributed by atoms with E-state index < -0.39 is 17.6 Å². The molecule has 6 rings (SSSR count). The number of carbonyl (C=O) groups is 1. The highest BCUT2D eigenvalue weighted by atomic mass is 19.4. The monoisotopic (exact) mass is 568 g/mol. The number of aryl methyl sites for hydroxylation is 2. The molecule has 0 aliphatic rings. The van der Waals surface area contributed by atoms with Gasteiger partial charge in [-0.2, -0.15) is 18.3 Å². The van der Waals surface area contributed by atoms with E-state index in [0.717, 1.165) is 39.7 Å². The summed E-state index contributed by atoms with van der Waals surface area (Å²) in [6.07, 6.45) is 1.44. The first-order chi connectivity index (χ1) is 20.0. The standard InChI is InChI=1S/C30H23F3N8O/c1-17-3-6-23(39-29(42)21-7-22(30(31,32)33)10-24(8-21)40-14-18(2)37-16-40)11-25(17)19-4-5-20-13-38-41(26(20)9-19)28-12-27(34)35-15-36-28/h3-16H,1-2H3,(H,39,42)(H2,34,35,36). The predicted octanol–water partition coefficient (Wildman–Crippen LogP) is 6.14. The summed E-state index contributed by atoms with van der Waals surface area (Å²) in [6.45, 7) is 3.66. The number of hydrogen-bond donors (Lipinski definition) is 2. The molecule has 0 saturated carbocycles. The van der Waals surface area contributed by atoms with Crippen LogP contribution in [0.25, 0.3) is 33.5 Å². The van der Waals surface area contributed by atoms with Crippen LogP contribution in [0.5, 0.6) is 0 Å². The Hall–Kier alpha value is -5.52. The smallest absolute Gasteiger partial charge is 0.384 e. The van der Waals surface area contributed by atoms with Gasteiger partial charge in [-0.15, -0.1) is 0 Å². The third-order valence-electron chi connectivity index (χ3n) is 6.79. The van der Waals surface area contributed by atoms with E-state index in [9.17, 15) is 18.0 Å². The van der Waals surface area contributed by atoms with Crippen LogP contribution in [0, 0.1) is 13.8 Å². The van der Waals surface area contributed by atoms with Gasteiger partial charge in [0, 0.05) is 34.6 Å². The minimum absolute atomic E-state index is 0.136. The van der Waals surface area contributed by atoms with Gasteiger partial charge in [0.15, 0.2) is 5.82 Å². The number of alkyl halides is 3. The Kier molecular flexibility index (Phi) is 6.45. The average Bonchev–Trinajstić information content (AvgIpc) is 3.59. The first-order valence-electron chi connectivity index (χ1n) is 12.8. The fourth-order valence-corrected chi connectivity index (χ4v) is 4.68. The summed E-state index contributed by atoms with van der Waals surface area (Å²) in [5.41, 5.74) is 9.38. The second-order valence-electron chi connectivity index (χ2n) is 9.80. The van der Waals surface area contributed by atoms with Crippen LogP contribution in [0.2, 0.25) is 0 Å². The molecule has 0 atom stereocenters. The summed E-state index contributed by atoms with van der Waals surface area (Å²) in [4.78, 5) is 25.5. The van der Waals surface area contributed by atoms with E-state index in [-0.39, 0.29) is 11.3 Å². The molecule has 0 saturated heterocycles. The summed E-state index contributed by atoms with van der Waals surface area (Å²) >= 11 is 0. The number of rotatable bonds is 5. The van der Waals surface area contributed by atoms with Crippen molar-refractivity contribution in [1.29, 1.82) is 0 Å². The molecule has 12 heteroatoms. The van der Waals surface area contributed by atoms with Crippen molar-refractivity contribution in [3.8, 4) is 22.6 Å². The number of aromatic nitrogens is 6. The van der Waals surface area contributed by atoms with Crippen LogP contribution in [-0.2, 0) is 6.18 Å². The van der Waals surface area contributed by atoms with Crippen molar-refractivity contribution >= 4 is 28.3 Å². The van der Waals surface area contributed by atoms with Crippen LogP contribution in [0.1, 0.15) is 27.2 Å². The molecule has 3 aromatic heterocycles. The molecule has 0 spiro atoms. The maximum Gasteiger partial charge on any atom is 0.416 e. The molecule has 210 valence electrons. The summed E-state index contributed by atoms with van der Waals surface area (Å²) in [5.74, 6) is 0.148. The van der Waals surface area contributed by atoms with Gasteiger partial charge in [0.25, 0.3) is 5.91 Å². The van der Waals surface area contributed by atoms with Crippen LogP contribution in [0.3, 0.4) is 0 Å². The maximum absolute atomic E-state index is 13.7. The lowest BCUT2D eigenvalue weighted by molar-refractivity contribution is -0.137. The lowest BCUT2D eigenvalue weighted by atomic mass is 9.99. The van der Waals surface area contributed by atoms with Crippen LogP contribution >= 0.6 is 0 Å². The third-order valence-corrected chi connectivity index (χ3v) is 6.79. The molecule has 0 fully saturated rings. The second-order valence-corrected chi connectivity index (χ2v) is 9.80. The predicted molar refractivity (Wildman–Crippen MR) is 153 cm³/mol. The van der Waals surface area contributed by atoms with Gasteiger partial charge in [0.1, 0.15) is 12.1 Å². The number of benzene rings is 3. The van der Waals surface area contributed by atoms with Crippen molar-refractivity contribution in [3.63, 3.8) is 0 Å². The van der Waals surface area contributed by atoms with Crippen molar-refractivity contribution in [2.24, 2.45) is 0 Å². The Labute approximate surface area is 237 Å². The van der Waals surface area contributed by atoms with Crippen molar-refractivity contribution < 1.29 is 18.0 Å². The molecule has 9 nitrogen and oxygen atoms in total. The molecule has 1 amide bonds. The lowest BCUT2D eigenvalue weighted by Crippen LogP contribution is -2.15. The van der Waals surface area contributed by atoms with Crippen molar-refractivity contribution in [3.05, 3.63) is 108 Å².